The Kier molecular flexibility index (Phi) is 4.34. The van der Waals surface area contributed by atoms with Gasteiger partial charge in [0.25, 0.3) is 0 Å². The first-order valence-corrected chi connectivity index (χ1v) is 7.45. The van der Waals surface area contributed by atoms with Gasteiger partial charge in [-0.15, -0.1) is 0 Å². The van der Waals surface area contributed by atoms with E-state index in [-0.39, 0.29) is 17.7 Å². The van der Waals surface area contributed by atoms with E-state index in [0.717, 1.165) is 13.1 Å². The summed E-state index contributed by atoms with van der Waals surface area (Å²) >= 11 is 0. The molecule has 114 valence electrons. The number of hydrogen-bond donors (Lipinski definition) is 3. The zero-order chi connectivity index (χ0) is 14.9. The van der Waals surface area contributed by atoms with Crippen LogP contribution >= 0.6 is 0 Å². The Labute approximate surface area is 119 Å². The molecule has 0 saturated carbocycles. The van der Waals surface area contributed by atoms with Crippen molar-refractivity contribution in [1.29, 1.82) is 0 Å². The average molecular weight is 283 g/mol. The van der Waals surface area contributed by atoms with Crippen LogP contribution in [0, 0.1) is 5.92 Å². The minimum atomic E-state index is -0.848. The molecular formula is C14H25N3O3. The Balaban J connectivity index is 2.29. The maximum Gasteiger partial charge on any atom is 0.248 e. The number of piperidine rings is 1. The van der Waals surface area contributed by atoms with Crippen LogP contribution in [0.1, 0.15) is 33.6 Å². The van der Waals surface area contributed by atoms with Crippen LogP contribution in [0.25, 0.3) is 0 Å². The zero-order valence-electron chi connectivity index (χ0n) is 12.5. The first kappa shape index (κ1) is 15.3. The molecule has 0 bridgehead atoms. The normalized spacial score (nSPS) is 27.9. The average Bonchev–Trinajstić information content (AvgIpc) is 2.44. The predicted molar refractivity (Wildman–Crippen MR) is 75.0 cm³/mol. The molecule has 0 aromatic rings. The molecule has 6 nitrogen and oxygen atoms in total. The Morgan fingerprint density at radius 3 is 2.45 bits per heavy atom. The number of nitrogens with zero attached hydrogens (tertiary/aromatic N) is 1. The number of amides is 2. The molecule has 2 fully saturated rings. The number of carbonyl (C=O) groups is 2. The lowest BCUT2D eigenvalue weighted by molar-refractivity contribution is -0.163. The summed E-state index contributed by atoms with van der Waals surface area (Å²) in [5.41, 5.74) is -0.732. The van der Waals surface area contributed by atoms with E-state index in [1.807, 2.05) is 20.8 Å². The standard InChI is InChI=1S/C14H25N3O3/c1-4-17-12(19)10(11(18)9(2)3)16-13(20)14(17)5-7-15-8-6-14/h9-11,15,18H,4-8H2,1-3H3,(H,16,20)/t10-,11-/m1/s1. The third-order valence-corrected chi connectivity index (χ3v) is 4.53. The monoisotopic (exact) mass is 283 g/mol. The number of nitrogens with one attached hydrogen (secondary N) is 2. The van der Waals surface area contributed by atoms with Crippen LogP contribution in [-0.2, 0) is 9.59 Å². The summed E-state index contributed by atoms with van der Waals surface area (Å²) < 4.78 is 0. The van der Waals surface area contributed by atoms with Crippen molar-refractivity contribution in [2.75, 3.05) is 19.6 Å². The number of aliphatic hydroxyl groups excluding tert-OH is 1. The van der Waals surface area contributed by atoms with Crippen molar-refractivity contribution < 1.29 is 14.7 Å². The predicted octanol–water partition coefficient (Wildman–Crippen LogP) is -0.528. The van der Waals surface area contributed by atoms with Gasteiger partial charge in [0, 0.05) is 6.54 Å². The molecule has 3 N–H and O–H groups in total. The van der Waals surface area contributed by atoms with Crippen molar-refractivity contribution in [2.45, 2.75) is 51.3 Å². The molecule has 2 heterocycles. The Bertz CT molecular complexity index is 391. The Hall–Kier alpha value is -1.14. The molecule has 2 aliphatic heterocycles. The van der Waals surface area contributed by atoms with Crippen LogP contribution < -0.4 is 10.6 Å². The lowest BCUT2D eigenvalue weighted by Gasteiger charge is -2.50. The van der Waals surface area contributed by atoms with Gasteiger partial charge in [-0.25, -0.2) is 0 Å². The third kappa shape index (κ3) is 2.31. The lowest BCUT2D eigenvalue weighted by atomic mass is 9.81. The van der Waals surface area contributed by atoms with E-state index < -0.39 is 17.7 Å². The van der Waals surface area contributed by atoms with Crippen LogP contribution in [0.2, 0.25) is 0 Å². The summed E-state index contributed by atoms with van der Waals surface area (Å²) in [6.45, 7) is 7.53. The van der Waals surface area contributed by atoms with E-state index >= 15 is 0 Å². The molecule has 2 atom stereocenters. The quantitative estimate of drug-likeness (QED) is 0.650. The zero-order valence-corrected chi connectivity index (χ0v) is 12.5. The Morgan fingerprint density at radius 2 is 1.95 bits per heavy atom. The molecule has 2 rings (SSSR count). The third-order valence-electron chi connectivity index (χ3n) is 4.53. The minimum Gasteiger partial charge on any atom is -0.390 e. The van der Waals surface area contributed by atoms with E-state index in [1.54, 1.807) is 4.90 Å². The van der Waals surface area contributed by atoms with Crippen molar-refractivity contribution in [1.82, 2.24) is 15.5 Å². The molecule has 2 saturated heterocycles. The number of likely N-dealkylation sites (N-methyl/N-ethyl adjacent to an activating group) is 1. The van der Waals surface area contributed by atoms with Crippen molar-refractivity contribution in [3.8, 4) is 0 Å². The van der Waals surface area contributed by atoms with E-state index in [0.29, 0.717) is 19.4 Å². The summed E-state index contributed by atoms with van der Waals surface area (Å²) in [5, 5.41) is 16.2. The van der Waals surface area contributed by atoms with E-state index in [9.17, 15) is 14.7 Å². The van der Waals surface area contributed by atoms with Crippen LogP contribution in [0.3, 0.4) is 0 Å². The highest BCUT2D eigenvalue weighted by molar-refractivity contribution is 6.00. The fourth-order valence-electron chi connectivity index (χ4n) is 3.25. The van der Waals surface area contributed by atoms with E-state index in [1.165, 1.54) is 0 Å². The van der Waals surface area contributed by atoms with Gasteiger partial charge in [-0.2, -0.15) is 0 Å². The molecule has 0 unspecified atom stereocenters. The second-order valence-corrected chi connectivity index (χ2v) is 6.05. The molecule has 0 aromatic carbocycles. The summed E-state index contributed by atoms with van der Waals surface area (Å²) in [7, 11) is 0. The van der Waals surface area contributed by atoms with Crippen LogP contribution in [0.15, 0.2) is 0 Å². The maximum atomic E-state index is 12.7. The highest BCUT2D eigenvalue weighted by Gasteiger charge is 2.53. The van der Waals surface area contributed by atoms with Gasteiger partial charge < -0.3 is 20.6 Å². The van der Waals surface area contributed by atoms with Crippen molar-refractivity contribution in [3.63, 3.8) is 0 Å². The molecule has 0 aliphatic carbocycles. The summed E-state index contributed by atoms with van der Waals surface area (Å²) in [6, 6.07) is -0.817. The van der Waals surface area contributed by atoms with E-state index in [4.69, 9.17) is 0 Å². The van der Waals surface area contributed by atoms with Gasteiger partial charge in [0.15, 0.2) is 0 Å². The smallest absolute Gasteiger partial charge is 0.248 e. The van der Waals surface area contributed by atoms with E-state index in [2.05, 4.69) is 10.6 Å². The Morgan fingerprint density at radius 1 is 1.35 bits per heavy atom. The second-order valence-electron chi connectivity index (χ2n) is 6.05. The highest BCUT2D eigenvalue weighted by Crippen LogP contribution is 2.31. The second kappa shape index (κ2) is 5.69. The van der Waals surface area contributed by atoms with Gasteiger partial charge in [0.05, 0.1) is 6.10 Å². The molecule has 6 heteroatoms. The number of hydrogen-bond acceptors (Lipinski definition) is 4. The minimum absolute atomic E-state index is 0.0787. The number of piperazine rings is 1. The van der Waals surface area contributed by atoms with Crippen LogP contribution in [0.4, 0.5) is 0 Å². The SMILES string of the molecule is CCN1C(=O)[C@@H]([C@H](O)C(C)C)NC(=O)C12CCNCC2. The van der Waals surface area contributed by atoms with Gasteiger partial charge in [-0.1, -0.05) is 13.8 Å². The van der Waals surface area contributed by atoms with Crippen molar-refractivity contribution in [3.05, 3.63) is 0 Å². The molecule has 2 amide bonds. The molecule has 0 radical (unpaired) electrons. The molecule has 0 aromatic heterocycles. The van der Waals surface area contributed by atoms with Gasteiger partial charge >= 0.3 is 0 Å². The molecular weight excluding hydrogens is 258 g/mol. The topological polar surface area (TPSA) is 81.7 Å². The molecule has 1 spiro atoms. The van der Waals surface area contributed by atoms with Gasteiger partial charge in [-0.3, -0.25) is 9.59 Å². The summed E-state index contributed by atoms with van der Waals surface area (Å²) in [4.78, 5) is 26.9. The fourth-order valence-corrected chi connectivity index (χ4v) is 3.25. The first-order valence-electron chi connectivity index (χ1n) is 7.45. The number of rotatable bonds is 3. The van der Waals surface area contributed by atoms with Crippen LogP contribution in [-0.4, -0.2) is 59.1 Å². The molecule has 20 heavy (non-hydrogen) atoms. The number of carbonyl (C=O) groups excluding carboxylic acids is 2. The summed E-state index contributed by atoms with van der Waals surface area (Å²) in [6.07, 6.45) is 0.408. The maximum absolute atomic E-state index is 12.7. The van der Waals surface area contributed by atoms with Gasteiger partial charge in [0.1, 0.15) is 11.6 Å². The number of aliphatic hydroxyl groups is 1. The highest BCUT2D eigenvalue weighted by atomic mass is 16.3. The summed E-state index contributed by atoms with van der Waals surface area (Å²) in [5.74, 6) is -0.356. The van der Waals surface area contributed by atoms with Crippen molar-refractivity contribution in [2.24, 2.45) is 5.92 Å². The fraction of sp³-hybridized carbons (Fsp3) is 0.857. The van der Waals surface area contributed by atoms with Crippen LogP contribution in [0.5, 0.6) is 0 Å². The molecule has 2 aliphatic rings. The van der Waals surface area contributed by atoms with Gasteiger partial charge in [0.2, 0.25) is 11.8 Å². The lowest BCUT2D eigenvalue weighted by Crippen LogP contribution is -2.74. The largest absolute Gasteiger partial charge is 0.390 e. The van der Waals surface area contributed by atoms with Gasteiger partial charge in [-0.05, 0) is 38.8 Å². The first-order chi connectivity index (χ1) is 9.44. The van der Waals surface area contributed by atoms with Crippen molar-refractivity contribution >= 4 is 11.8 Å².